The summed E-state index contributed by atoms with van der Waals surface area (Å²) in [5.74, 6) is 1.84. The van der Waals surface area contributed by atoms with Gasteiger partial charge in [0.2, 0.25) is 0 Å². The highest BCUT2D eigenvalue weighted by atomic mass is 15.3. The first-order chi connectivity index (χ1) is 12.7. The number of nitrogens with zero attached hydrogens (tertiary/aromatic N) is 5. The third kappa shape index (κ3) is 4.20. The summed E-state index contributed by atoms with van der Waals surface area (Å²) in [6.07, 6.45) is 2.74. The maximum atomic E-state index is 4.77. The molecule has 6 nitrogen and oxygen atoms in total. The summed E-state index contributed by atoms with van der Waals surface area (Å²) >= 11 is 0. The van der Waals surface area contributed by atoms with E-state index in [4.69, 9.17) is 4.99 Å². The lowest BCUT2D eigenvalue weighted by Gasteiger charge is -2.23. The van der Waals surface area contributed by atoms with Crippen molar-refractivity contribution in [1.29, 1.82) is 0 Å². The van der Waals surface area contributed by atoms with Gasteiger partial charge < -0.3 is 10.2 Å². The van der Waals surface area contributed by atoms with Gasteiger partial charge in [-0.1, -0.05) is 30.3 Å². The topological polar surface area (TPSA) is 57.8 Å². The molecule has 0 amide bonds. The molecule has 136 valence electrons. The third-order valence-electron chi connectivity index (χ3n) is 4.35. The van der Waals surface area contributed by atoms with E-state index in [9.17, 15) is 0 Å². The van der Waals surface area contributed by atoms with Gasteiger partial charge >= 0.3 is 0 Å². The number of benzene rings is 1. The molecule has 2 heterocycles. The standard InChI is InChI=1S/C20H26N6/c1-4-21-20(25(3)15-17-10-6-5-9-16(17)2)22-13-12-19-24-23-18-11-7-8-14-26(18)19/h5-11,14H,4,12-13,15H2,1-3H3,(H,21,22). The quantitative estimate of drug-likeness (QED) is 0.548. The first-order valence-corrected chi connectivity index (χ1v) is 9.01. The van der Waals surface area contributed by atoms with Crippen molar-refractivity contribution in [3.63, 3.8) is 0 Å². The van der Waals surface area contributed by atoms with Gasteiger partial charge in [-0.3, -0.25) is 9.39 Å². The van der Waals surface area contributed by atoms with Crippen molar-refractivity contribution in [2.75, 3.05) is 20.1 Å². The molecule has 2 aromatic heterocycles. The summed E-state index contributed by atoms with van der Waals surface area (Å²) in [7, 11) is 2.07. The average molecular weight is 350 g/mol. The van der Waals surface area contributed by atoms with Gasteiger partial charge in [-0.05, 0) is 37.1 Å². The SMILES string of the molecule is CCNC(=NCCc1nnc2ccccn12)N(C)Cc1ccccc1C. The number of rotatable bonds is 6. The molecule has 0 spiro atoms. The number of aromatic nitrogens is 3. The molecule has 6 heteroatoms. The van der Waals surface area contributed by atoms with Crippen molar-refractivity contribution < 1.29 is 0 Å². The minimum absolute atomic E-state index is 0.663. The summed E-state index contributed by atoms with van der Waals surface area (Å²) in [6, 6.07) is 14.4. The highest BCUT2D eigenvalue weighted by Gasteiger charge is 2.09. The number of hydrogen-bond donors (Lipinski definition) is 1. The summed E-state index contributed by atoms with van der Waals surface area (Å²) in [5, 5.41) is 11.8. The lowest BCUT2D eigenvalue weighted by Crippen LogP contribution is -2.38. The number of fused-ring (bicyclic) bond motifs is 1. The molecule has 0 saturated carbocycles. The van der Waals surface area contributed by atoms with Crippen LogP contribution in [-0.4, -0.2) is 45.6 Å². The van der Waals surface area contributed by atoms with Crippen LogP contribution in [0.3, 0.4) is 0 Å². The van der Waals surface area contributed by atoms with Gasteiger partial charge in [-0.15, -0.1) is 10.2 Å². The fourth-order valence-corrected chi connectivity index (χ4v) is 2.91. The Morgan fingerprint density at radius 3 is 2.77 bits per heavy atom. The highest BCUT2D eigenvalue weighted by molar-refractivity contribution is 5.79. The van der Waals surface area contributed by atoms with Crippen molar-refractivity contribution in [2.45, 2.75) is 26.8 Å². The second-order valence-corrected chi connectivity index (χ2v) is 6.31. The Labute approximate surface area is 154 Å². The summed E-state index contributed by atoms with van der Waals surface area (Å²) in [6.45, 7) is 6.56. The molecule has 0 aliphatic carbocycles. The lowest BCUT2D eigenvalue weighted by molar-refractivity contribution is 0.475. The summed E-state index contributed by atoms with van der Waals surface area (Å²) < 4.78 is 2.01. The van der Waals surface area contributed by atoms with Crippen molar-refractivity contribution in [2.24, 2.45) is 4.99 Å². The van der Waals surface area contributed by atoms with E-state index in [1.165, 1.54) is 11.1 Å². The van der Waals surface area contributed by atoms with E-state index >= 15 is 0 Å². The molecule has 0 bridgehead atoms. The van der Waals surface area contributed by atoms with Crippen LogP contribution in [0.2, 0.25) is 0 Å². The second kappa shape index (κ2) is 8.47. The molecule has 0 unspecified atom stereocenters. The fourth-order valence-electron chi connectivity index (χ4n) is 2.91. The highest BCUT2D eigenvalue weighted by Crippen LogP contribution is 2.10. The Bertz CT molecular complexity index is 883. The van der Waals surface area contributed by atoms with Crippen LogP contribution in [0.15, 0.2) is 53.7 Å². The summed E-state index contributed by atoms with van der Waals surface area (Å²) in [5.41, 5.74) is 3.48. The van der Waals surface area contributed by atoms with Crippen LogP contribution in [-0.2, 0) is 13.0 Å². The van der Waals surface area contributed by atoms with Crippen LogP contribution in [0, 0.1) is 6.92 Å². The van der Waals surface area contributed by atoms with E-state index in [1.54, 1.807) is 0 Å². The number of hydrogen-bond acceptors (Lipinski definition) is 3. The van der Waals surface area contributed by atoms with Gasteiger partial charge in [0.25, 0.3) is 0 Å². The van der Waals surface area contributed by atoms with Crippen molar-refractivity contribution in [3.05, 3.63) is 65.6 Å². The maximum Gasteiger partial charge on any atom is 0.193 e. The smallest absolute Gasteiger partial charge is 0.193 e. The molecule has 0 aliphatic heterocycles. The van der Waals surface area contributed by atoms with E-state index in [-0.39, 0.29) is 0 Å². The van der Waals surface area contributed by atoms with Crippen LogP contribution in [0.25, 0.3) is 5.65 Å². The van der Waals surface area contributed by atoms with Gasteiger partial charge in [0.1, 0.15) is 5.82 Å². The van der Waals surface area contributed by atoms with Crippen LogP contribution in [0.5, 0.6) is 0 Å². The zero-order chi connectivity index (χ0) is 18.4. The molecule has 3 aromatic rings. The van der Waals surface area contributed by atoms with Crippen LogP contribution >= 0.6 is 0 Å². The van der Waals surface area contributed by atoms with Crippen LogP contribution in [0.4, 0.5) is 0 Å². The molecule has 26 heavy (non-hydrogen) atoms. The maximum absolute atomic E-state index is 4.77. The molecule has 1 N–H and O–H groups in total. The Morgan fingerprint density at radius 2 is 1.96 bits per heavy atom. The molecule has 0 atom stereocenters. The molecule has 0 saturated heterocycles. The number of nitrogens with one attached hydrogen (secondary N) is 1. The number of pyridine rings is 1. The minimum Gasteiger partial charge on any atom is -0.357 e. The number of aryl methyl sites for hydroxylation is 1. The molecule has 0 aliphatic rings. The Balaban J connectivity index is 1.67. The van der Waals surface area contributed by atoms with Gasteiger partial charge in [-0.25, -0.2) is 0 Å². The Morgan fingerprint density at radius 1 is 1.15 bits per heavy atom. The molecular formula is C20H26N6. The van der Waals surface area contributed by atoms with Crippen molar-refractivity contribution in [3.8, 4) is 0 Å². The van der Waals surface area contributed by atoms with E-state index < -0.39 is 0 Å². The normalized spacial score (nSPS) is 11.7. The van der Waals surface area contributed by atoms with Gasteiger partial charge in [0.05, 0.1) is 0 Å². The first-order valence-electron chi connectivity index (χ1n) is 9.01. The van der Waals surface area contributed by atoms with Gasteiger partial charge in [-0.2, -0.15) is 0 Å². The van der Waals surface area contributed by atoms with Crippen LogP contribution in [0.1, 0.15) is 23.9 Å². The molecule has 0 radical (unpaired) electrons. The van der Waals surface area contributed by atoms with Crippen molar-refractivity contribution >= 4 is 11.6 Å². The average Bonchev–Trinajstić information content (AvgIpc) is 3.06. The fraction of sp³-hybridized carbons (Fsp3) is 0.350. The van der Waals surface area contributed by atoms with E-state index in [0.717, 1.165) is 36.9 Å². The lowest BCUT2D eigenvalue weighted by atomic mass is 10.1. The predicted octanol–water partition coefficient (Wildman–Crippen LogP) is 2.68. The predicted molar refractivity (Wildman–Crippen MR) is 105 cm³/mol. The largest absolute Gasteiger partial charge is 0.357 e. The van der Waals surface area contributed by atoms with E-state index in [0.29, 0.717) is 6.54 Å². The van der Waals surface area contributed by atoms with E-state index in [2.05, 4.69) is 65.6 Å². The minimum atomic E-state index is 0.663. The molecule has 3 rings (SSSR count). The zero-order valence-corrected chi connectivity index (χ0v) is 15.7. The van der Waals surface area contributed by atoms with Gasteiger partial charge in [0, 0.05) is 39.3 Å². The third-order valence-corrected chi connectivity index (χ3v) is 4.35. The summed E-state index contributed by atoms with van der Waals surface area (Å²) in [4.78, 5) is 6.93. The van der Waals surface area contributed by atoms with Crippen LogP contribution < -0.4 is 5.32 Å². The zero-order valence-electron chi connectivity index (χ0n) is 15.7. The van der Waals surface area contributed by atoms with Crippen molar-refractivity contribution in [1.82, 2.24) is 24.8 Å². The molecule has 1 aromatic carbocycles. The second-order valence-electron chi connectivity index (χ2n) is 6.31. The van der Waals surface area contributed by atoms with Gasteiger partial charge in [0.15, 0.2) is 11.6 Å². The molecular weight excluding hydrogens is 324 g/mol. The van der Waals surface area contributed by atoms with E-state index in [1.807, 2.05) is 28.8 Å². The monoisotopic (exact) mass is 350 g/mol. The number of aliphatic imine (C=N–C) groups is 1. The molecule has 0 fully saturated rings. The Hall–Kier alpha value is -2.89. The number of guanidine groups is 1. The Kier molecular flexibility index (Phi) is 5.84. The first kappa shape index (κ1) is 17.9.